The van der Waals surface area contributed by atoms with E-state index in [9.17, 15) is 18.8 Å². The number of carboxylic acid groups (broad SMARTS) is 1. The molecule has 0 fully saturated rings. The third-order valence-corrected chi connectivity index (χ3v) is 5.33. The fourth-order valence-electron chi connectivity index (χ4n) is 3.26. The second kappa shape index (κ2) is 8.93. The van der Waals surface area contributed by atoms with Gasteiger partial charge in [-0.2, -0.15) is 0 Å². The smallest absolute Gasteiger partial charge is 0.305 e. The molecule has 1 aromatic rings. The molecule has 0 saturated heterocycles. The number of nitrogens with one attached hydrogen (secondary N) is 1. The summed E-state index contributed by atoms with van der Waals surface area (Å²) in [6, 6.07) is 6.34. The van der Waals surface area contributed by atoms with Gasteiger partial charge in [0.2, 0.25) is 5.60 Å². The van der Waals surface area contributed by atoms with E-state index in [0.29, 0.717) is 5.71 Å². The Hall–Kier alpha value is -2.77. The van der Waals surface area contributed by atoms with Gasteiger partial charge in [0.1, 0.15) is 12.7 Å². The third kappa shape index (κ3) is 5.04. The van der Waals surface area contributed by atoms with E-state index in [1.165, 1.54) is 0 Å². The lowest BCUT2D eigenvalue weighted by molar-refractivity contribution is -0.152. The summed E-state index contributed by atoms with van der Waals surface area (Å²) in [4.78, 5) is 41.4. The molecule has 1 aliphatic rings. The van der Waals surface area contributed by atoms with Crippen LogP contribution < -0.4 is 5.32 Å². The molecule has 1 amide bonds. The number of Topliss-reactive ketones (excluding diaryl/α,β-unsaturated/α-hetero) is 1. The molecule has 2 atom stereocenters. The van der Waals surface area contributed by atoms with E-state index < -0.39 is 42.4 Å². The van der Waals surface area contributed by atoms with Crippen molar-refractivity contribution in [3.05, 3.63) is 35.4 Å². The zero-order chi connectivity index (χ0) is 22.7. The molecule has 1 heterocycles. The first kappa shape index (κ1) is 23.5. The van der Waals surface area contributed by atoms with Crippen molar-refractivity contribution >= 4 is 23.4 Å². The van der Waals surface area contributed by atoms with Gasteiger partial charge in [-0.15, -0.1) is 0 Å². The summed E-state index contributed by atoms with van der Waals surface area (Å²) in [5, 5.41) is 15.5. The third-order valence-electron chi connectivity index (χ3n) is 5.33. The van der Waals surface area contributed by atoms with Crippen molar-refractivity contribution in [2.75, 3.05) is 6.67 Å². The number of aliphatic carboxylic acids is 1. The summed E-state index contributed by atoms with van der Waals surface area (Å²) in [7, 11) is 0. The number of carbonyl (C=O) groups excluding carboxylic acids is 2. The summed E-state index contributed by atoms with van der Waals surface area (Å²) in [5.41, 5.74) is 1.01. The summed E-state index contributed by atoms with van der Waals surface area (Å²) >= 11 is 0. The van der Waals surface area contributed by atoms with Crippen LogP contribution in [0.1, 0.15) is 58.6 Å². The van der Waals surface area contributed by atoms with Gasteiger partial charge in [-0.05, 0) is 22.6 Å². The number of ketones is 1. The van der Waals surface area contributed by atoms with Crippen molar-refractivity contribution in [3.63, 3.8) is 0 Å². The number of oxime groups is 1. The van der Waals surface area contributed by atoms with Crippen LogP contribution in [0.3, 0.4) is 0 Å². The maximum absolute atomic E-state index is 13.0. The van der Waals surface area contributed by atoms with Crippen LogP contribution in [-0.4, -0.2) is 46.8 Å². The van der Waals surface area contributed by atoms with Crippen molar-refractivity contribution in [2.45, 2.75) is 64.5 Å². The van der Waals surface area contributed by atoms with Gasteiger partial charge in [0.15, 0.2) is 5.78 Å². The van der Waals surface area contributed by atoms with Crippen molar-refractivity contribution < 1.29 is 28.7 Å². The number of benzene rings is 1. The molecule has 1 aliphatic heterocycles. The van der Waals surface area contributed by atoms with E-state index in [1.54, 1.807) is 13.8 Å². The van der Waals surface area contributed by atoms with Gasteiger partial charge in [0, 0.05) is 12.3 Å². The maximum Gasteiger partial charge on any atom is 0.305 e. The Morgan fingerprint density at radius 3 is 2.50 bits per heavy atom. The van der Waals surface area contributed by atoms with Crippen molar-refractivity contribution in [2.24, 2.45) is 11.1 Å². The number of hydrogen-bond acceptors (Lipinski definition) is 5. The topological polar surface area (TPSA) is 105 Å². The molecule has 164 valence electrons. The SMILES string of the molecule is CC(C)[C@]1(C(=O)NC(CC(=O)O)C(=O)CF)CC(c2cccc(C(C)(C)C)c2)=NO1. The second-order valence-corrected chi connectivity index (χ2v) is 8.90. The Bertz CT molecular complexity index is 859. The average molecular weight is 420 g/mol. The number of carbonyl (C=O) groups is 3. The molecule has 0 saturated carbocycles. The van der Waals surface area contributed by atoms with Gasteiger partial charge < -0.3 is 15.3 Å². The Labute approximate surface area is 175 Å². The van der Waals surface area contributed by atoms with Gasteiger partial charge >= 0.3 is 5.97 Å². The van der Waals surface area contributed by atoms with Crippen LogP contribution in [0.4, 0.5) is 4.39 Å². The molecule has 8 heteroatoms. The van der Waals surface area contributed by atoms with Gasteiger partial charge in [-0.1, -0.05) is 58.0 Å². The van der Waals surface area contributed by atoms with Gasteiger partial charge in [-0.25, -0.2) is 4.39 Å². The highest BCUT2D eigenvalue weighted by molar-refractivity contribution is 6.06. The average Bonchev–Trinajstić information content (AvgIpc) is 3.13. The number of rotatable bonds is 8. The summed E-state index contributed by atoms with van der Waals surface area (Å²) in [6.45, 7) is 8.45. The molecule has 0 aliphatic carbocycles. The first-order valence-corrected chi connectivity index (χ1v) is 9.88. The van der Waals surface area contributed by atoms with Crippen LogP contribution in [0.2, 0.25) is 0 Å². The molecule has 0 bridgehead atoms. The molecule has 2 rings (SSSR count). The molecule has 30 heavy (non-hydrogen) atoms. The number of hydrogen-bond donors (Lipinski definition) is 2. The van der Waals surface area contributed by atoms with Crippen molar-refractivity contribution in [1.29, 1.82) is 0 Å². The highest BCUT2D eigenvalue weighted by Crippen LogP contribution is 2.35. The zero-order valence-corrected chi connectivity index (χ0v) is 18.0. The van der Waals surface area contributed by atoms with Crippen molar-refractivity contribution in [1.82, 2.24) is 5.32 Å². The van der Waals surface area contributed by atoms with Gasteiger partial charge in [0.25, 0.3) is 5.91 Å². The number of nitrogens with zero attached hydrogens (tertiary/aromatic N) is 1. The Morgan fingerprint density at radius 2 is 1.97 bits per heavy atom. The molecule has 1 unspecified atom stereocenters. The minimum atomic E-state index is -1.47. The summed E-state index contributed by atoms with van der Waals surface area (Å²) < 4.78 is 12.8. The maximum atomic E-state index is 13.0. The lowest BCUT2D eigenvalue weighted by Gasteiger charge is -2.30. The molecule has 7 nitrogen and oxygen atoms in total. The molecule has 2 N–H and O–H groups in total. The number of alkyl halides is 1. The molecule has 0 aromatic heterocycles. The number of carboxylic acids is 1. The van der Waals surface area contributed by atoms with E-state index in [0.717, 1.165) is 11.1 Å². The van der Waals surface area contributed by atoms with E-state index >= 15 is 0 Å². The fourth-order valence-corrected chi connectivity index (χ4v) is 3.26. The predicted octanol–water partition coefficient (Wildman–Crippen LogP) is 3.00. The fraction of sp³-hybridized carbons (Fsp3) is 0.545. The predicted molar refractivity (Wildman–Crippen MR) is 110 cm³/mol. The summed E-state index contributed by atoms with van der Waals surface area (Å²) in [5.74, 6) is -3.34. The minimum absolute atomic E-state index is 0.0701. The molecule has 0 radical (unpaired) electrons. The van der Waals surface area contributed by atoms with Gasteiger partial charge in [0.05, 0.1) is 12.1 Å². The normalized spacial score (nSPS) is 19.8. The quantitative estimate of drug-likeness (QED) is 0.673. The molecule has 0 spiro atoms. The van der Waals surface area contributed by atoms with Crippen LogP contribution in [0.5, 0.6) is 0 Å². The van der Waals surface area contributed by atoms with E-state index in [2.05, 4.69) is 31.2 Å². The van der Waals surface area contributed by atoms with Crippen molar-refractivity contribution in [3.8, 4) is 0 Å². The van der Waals surface area contributed by atoms with Crippen LogP contribution in [0.15, 0.2) is 29.4 Å². The standard InChI is InChI=1S/C22H29FN2O5/c1-13(2)22(20(29)24-16(10-19(27)28)18(26)12-23)11-17(25-30-22)14-7-6-8-15(9-14)21(3,4)5/h6-9,13,16H,10-12H2,1-5H3,(H,24,29)(H,27,28)/t16?,22-/m0/s1. The van der Waals surface area contributed by atoms with E-state index in [-0.39, 0.29) is 17.8 Å². The van der Waals surface area contributed by atoms with Crippen LogP contribution >= 0.6 is 0 Å². The minimum Gasteiger partial charge on any atom is -0.481 e. The second-order valence-electron chi connectivity index (χ2n) is 8.90. The van der Waals surface area contributed by atoms with E-state index in [4.69, 9.17) is 9.94 Å². The first-order valence-electron chi connectivity index (χ1n) is 9.88. The number of amides is 1. The number of halogens is 1. The largest absolute Gasteiger partial charge is 0.481 e. The Balaban J connectivity index is 2.27. The lowest BCUT2D eigenvalue weighted by atomic mass is 9.81. The van der Waals surface area contributed by atoms with Crippen LogP contribution in [-0.2, 0) is 24.6 Å². The van der Waals surface area contributed by atoms with Gasteiger partial charge in [-0.3, -0.25) is 14.4 Å². The van der Waals surface area contributed by atoms with Crippen LogP contribution in [0.25, 0.3) is 0 Å². The highest BCUT2D eigenvalue weighted by atomic mass is 19.1. The Morgan fingerprint density at radius 1 is 1.30 bits per heavy atom. The van der Waals surface area contributed by atoms with Crippen LogP contribution in [0, 0.1) is 5.92 Å². The summed E-state index contributed by atoms with van der Waals surface area (Å²) in [6.07, 6.45) is -0.558. The first-order chi connectivity index (χ1) is 13.9. The highest BCUT2D eigenvalue weighted by Gasteiger charge is 2.50. The zero-order valence-electron chi connectivity index (χ0n) is 18.0. The lowest BCUT2D eigenvalue weighted by Crippen LogP contribution is -2.55. The monoisotopic (exact) mass is 420 g/mol. The Kier molecular flexibility index (Phi) is 7.00. The van der Waals surface area contributed by atoms with E-state index in [1.807, 2.05) is 24.3 Å². The molecule has 1 aromatic carbocycles. The molecular weight excluding hydrogens is 391 g/mol. The molecular formula is C22H29FN2O5.